The number of anilines is 1. The summed E-state index contributed by atoms with van der Waals surface area (Å²) in [6.07, 6.45) is 3.54. The third-order valence-corrected chi connectivity index (χ3v) is 4.02. The van der Waals surface area contributed by atoms with Crippen LogP contribution >= 0.6 is 0 Å². The summed E-state index contributed by atoms with van der Waals surface area (Å²) in [6.45, 7) is 8.48. The van der Waals surface area contributed by atoms with Crippen LogP contribution in [0.1, 0.15) is 37.8 Å². The zero-order valence-corrected chi connectivity index (χ0v) is 13.1. The number of methoxy groups -OCH3 is 1. The Balaban J connectivity index is 1.82. The summed E-state index contributed by atoms with van der Waals surface area (Å²) in [4.78, 5) is 0. The van der Waals surface area contributed by atoms with E-state index in [0.717, 1.165) is 32.7 Å². The Labute approximate surface area is 123 Å². The quantitative estimate of drug-likeness (QED) is 0.802. The zero-order valence-electron chi connectivity index (χ0n) is 13.1. The van der Waals surface area contributed by atoms with E-state index in [1.54, 1.807) is 7.11 Å². The van der Waals surface area contributed by atoms with Crippen molar-refractivity contribution in [3.63, 3.8) is 0 Å². The van der Waals surface area contributed by atoms with Gasteiger partial charge in [0.2, 0.25) is 0 Å². The molecule has 0 atom stereocenters. The lowest BCUT2D eigenvalue weighted by Crippen LogP contribution is -2.30. The molecular weight excluding hydrogens is 248 g/mol. The number of aryl methyl sites for hydroxylation is 1. The molecule has 1 aromatic carbocycles. The molecule has 1 heterocycles. The molecule has 0 aromatic heterocycles. The number of nitrogens with one attached hydrogen (secondary N) is 2. The van der Waals surface area contributed by atoms with Crippen LogP contribution in [0.15, 0.2) is 18.2 Å². The molecule has 0 spiro atoms. The molecule has 1 aromatic rings. The van der Waals surface area contributed by atoms with E-state index in [1.807, 2.05) is 0 Å². The van der Waals surface area contributed by atoms with Crippen molar-refractivity contribution in [3.8, 4) is 0 Å². The van der Waals surface area contributed by atoms with Gasteiger partial charge in [0, 0.05) is 39.0 Å². The summed E-state index contributed by atoms with van der Waals surface area (Å²) in [5.41, 5.74) is 4.45. The Morgan fingerprint density at radius 3 is 3.00 bits per heavy atom. The molecule has 0 radical (unpaired) electrons. The molecule has 2 rings (SSSR count). The van der Waals surface area contributed by atoms with Crippen LogP contribution in [0.5, 0.6) is 0 Å². The molecule has 0 unspecified atom stereocenters. The minimum absolute atomic E-state index is 0.284. The number of rotatable bonds is 7. The van der Waals surface area contributed by atoms with Crippen LogP contribution in [0.25, 0.3) is 0 Å². The van der Waals surface area contributed by atoms with E-state index in [4.69, 9.17) is 4.74 Å². The maximum absolute atomic E-state index is 5.17. The van der Waals surface area contributed by atoms with Crippen molar-refractivity contribution < 1.29 is 4.74 Å². The molecule has 1 aliphatic heterocycles. The molecule has 0 aliphatic carbocycles. The summed E-state index contributed by atoms with van der Waals surface area (Å²) in [7, 11) is 1.77. The highest BCUT2D eigenvalue weighted by molar-refractivity contribution is 5.54. The maximum atomic E-state index is 5.17. The highest BCUT2D eigenvalue weighted by Gasteiger charge is 2.17. The van der Waals surface area contributed by atoms with Gasteiger partial charge in [-0.05, 0) is 41.9 Å². The van der Waals surface area contributed by atoms with Gasteiger partial charge in [-0.3, -0.25) is 0 Å². The molecule has 2 N–H and O–H groups in total. The van der Waals surface area contributed by atoms with Crippen molar-refractivity contribution in [2.45, 2.75) is 39.7 Å². The van der Waals surface area contributed by atoms with Crippen LogP contribution in [0.2, 0.25) is 0 Å². The fourth-order valence-corrected chi connectivity index (χ4v) is 2.65. The summed E-state index contributed by atoms with van der Waals surface area (Å²) in [5, 5.41) is 7.04. The molecule has 112 valence electrons. The lowest BCUT2D eigenvalue weighted by Gasteiger charge is -2.25. The maximum Gasteiger partial charge on any atom is 0.0467 e. The molecule has 1 aliphatic rings. The number of hydrogen-bond acceptors (Lipinski definition) is 3. The summed E-state index contributed by atoms with van der Waals surface area (Å²) in [5.74, 6) is 0. The first-order valence-corrected chi connectivity index (χ1v) is 7.66. The lowest BCUT2D eigenvalue weighted by atomic mass is 9.89. The largest absolute Gasteiger partial charge is 0.385 e. The predicted molar refractivity (Wildman–Crippen MR) is 85.2 cm³/mol. The van der Waals surface area contributed by atoms with Crippen LogP contribution in [0, 0.1) is 5.41 Å². The van der Waals surface area contributed by atoms with Gasteiger partial charge < -0.3 is 15.4 Å². The summed E-state index contributed by atoms with van der Waals surface area (Å²) in [6, 6.07) is 6.80. The molecule has 3 heteroatoms. The van der Waals surface area contributed by atoms with Gasteiger partial charge in [-0.15, -0.1) is 0 Å². The van der Waals surface area contributed by atoms with Gasteiger partial charge >= 0.3 is 0 Å². The van der Waals surface area contributed by atoms with Crippen LogP contribution in [0.3, 0.4) is 0 Å². The molecule has 20 heavy (non-hydrogen) atoms. The second kappa shape index (κ2) is 7.09. The fourth-order valence-electron chi connectivity index (χ4n) is 2.65. The van der Waals surface area contributed by atoms with Gasteiger partial charge in [0.15, 0.2) is 0 Å². The van der Waals surface area contributed by atoms with Crippen LogP contribution in [0.4, 0.5) is 5.69 Å². The Morgan fingerprint density at radius 1 is 1.35 bits per heavy atom. The van der Waals surface area contributed by atoms with E-state index in [0.29, 0.717) is 0 Å². The van der Waals surface area contributed by atoms with Crippen molar-refractivity contribution in [3.05, 3.63) is 29.3 Å². The van der Waals surface area contributed by atoms with Gasteiger partial charge in [0.05, 0.1) is 0 Å². The second-order valence-corrected chi connectivity index (χ2v) is 6.53. The Kier molecular flexibility index (Phi) is 5.44. The smallest absolute Gasteiger partial charge is 0.0467 e. The van der Waals surface area contributed by atoms with Crippen LogP contribution < -0.4 is 10.6 Å². The van der Waals surface area contributed by atoms with Crippen molar-refractivity contribution >= 4 is 5.69 Å². The Bertz CT molecular complexity index is 429. The molecule has 0 saturated heterocycles. The monoisotopic (exact) mass is 276 g/mol. The minimum atomic E-state index is 0.284. The fraction of sp³-hybridized carbons (Fsp3) is 0.647. The average molecular weight is 276 g/mol. The zero-order chi connectivity index (χ0) is 14.4. The topological polar surface area (TPSA) is 33.3 Å². The summed E-state index contributed by atoms with van der Waals surface area (Å²) >= 11 is 0. The predicted octanol–water partition coefficient (Wildman–Crippen LogP) is 3.20. The van der Waals surface area contributed by atoms with Gasteiger partial charge in [-0.2, -0.15) is 0 Å². The lowest BCUT2D eigenvalue weighted by molar-refractivity contribution is 0.150. The third-order valence-electron chi connectivity index (χ3n) is 4.02. The number of benzene rings is 1. The highest BCUT2D eigenvalue weighted by atomic mass is 16.5. The van der Waals surface area contributed by atoms with E-state index in [1.165, 1.54) is 29.7 Å². The van der Waals surface area contributed by atoms with E-state index in [9.17, 15) is 0 Å². The molecule has 0 saturated carbocycles. The summed E-state index contributed by atoms with van der Waals surface area (Å²) < 4.78 is 5.17. The first kappa shape index (κ1) is 15.3. The average Bonchev–Trinajstić information content (AvgIpc) is 2.45. The van der Waals surface area contributed by atoms with Crippen molar-refractivity contribution in [2.75, 3.05) is 32.1 Å². The third kappa shape index (κ3) is 4.50. The van der Waals surface area contributed by atoms with Crippen LogP contribution in [-0.2, 0) is 17.7 Å². The van der Waals surface area contributed by atoms with Crippen molar-refractivity contribution in [2.24, 2.45) is 5.41 Å². The van der Waals surface area contributed by atoms with E-state index < -0.39 is 0 Å². The van der Waals surface area contributed by atoms with Crippen molar-refractivity contribution in [1.29, 1.82) is 0 Å². The van der Waals surface area contributed by atoms with Gasteiger partial charge in [-0.25, -0.2) is 0 Å². The number of hydrogen-bond donors (Lipinski definition) is 2. The van der Waals surface area contributed by atoms with E-state index >= 15 is 0 Å². The molecule has 0 fully saturated rings. The van der Waals surface area contributed by atoms with Gasteiger partial charge in [0.25, 0.3) is 0 Å². The van der Waals surface area contributed by atoms with Crippen LogP contribution in [-0.4, -0.2) is 26.8 Å². The standard InChI is InChI=1S/C17H28N2O/c1-17(2,8-10-20-3)13-18-12-14-6-7-16-15(11-14)5-4-9-19-16/h6-7,11,18-19H,4-5,8-10,12-13H2,1-3H3. The molecular formula is C17H28N2O. The minimum Gasteiger partial charge on any atom is -0.385 e. The Morgan fingerprint density at radius 2 is 2.20 bits per heavy atom. The first-order valence-electron chi connectivity index (χ1n) is 7.66. The SMILES string of the molecule is COCCC(C)(C)CNCc1ccc2c(c1)CCCN2. The van der Waals surface area contributed by atoms with Gasteiger partial charge in [-0.1, -0.05) is 26.0 Å². The number of fused-ring (bicyclic) bond motifs is 1. The second-order valence-electron chi connectivity index (χ2n) is 6.53. The molecule has 0 amide bonds. The first-order chi connectivity index (χ1) is 9.61. The normalized spacial score (nSPS) is 14.8. The van der Waals surface area contributed by atoms with E-state index in [2.05, 4.69) is 42.7 Å². The number of ether oxygens (including phenoxy) is 1. The van der Waals surface area contributed by atoms with E-state index in [-0.39, 0.29) is 5.41 Å². The molecule has 0 bridgehead atoms. The highest BCUT2D eigenvalue weighted by Crippen LogP contribution is 2.23. The molecule has 3 nitrogen and oxygen atoms in total. The Hall–Kier alpha value is -1.06. The van der Waals surface area contributed by atoms with Gasteiger partial charge in [0.1, 0.15) is 0 Å². The van der Waals surface area contributed by atoms with Crippen molar-refractivity contribution in [1.82, 2.24) is 5.32 Å².